The fourth-order valence-electron chi connectivity index (χ4n) is 2.99. The number of nitrogens with one attached hydrogen (secondary N) is 1. The number of fused-ring (bicyclic) bond motifs is 1. The van der Waals surface area contributed by atoms with Gasteiger partial charge >= 0.3 is 0 Å². The van der Waals surface area contributed by atoms with Crippen LogP contribution in [0.1, 0.15) is 31.4 Å². The van der Waals surface area contributed by atoms with E-state index in [1.807, 2.05) is 19.2 Å². The molecule has 0 atom stereocenters. The quantitative estimate of drug-likeness (QED) is 0.822. The summed E-state index contributed by atoms with van der Waals surface area (Å²) in [5.41, 5.74) is 9.04. The minimum atomic E-state index is 0.800. The summed E-state index contributed by atoms with van der Waals surface area (Å²) in [7, 11) is 0. The molecule has 3 heteroatoms. The van der Waals surface area contributed by atoms with Crippen molar-refractivity contribution in [2.24, 2.45) is 5.92 Å². The van der Waals surface area contributed by atoms with E-state index in [-0.39, 0.29) is 0 Å². The molecule has 0 aliphatic heterocycles. The van der Waals surface area contributed by atoms with E-state index in [4.69, 9.17) is 5.73 Å². The molecule has 3 rings (SSSR count). The van der Waals surface area contributed by atoms with Crippen LogP contribution in [-0.4, -0.2) is 11.5 Å². The average molecular weight is 255 g/mol. The van der Waals surface area contributed by atoms with Crippen LogP contribution in [0.3, 0.4) is 0 Å². The van der Waals surface area contributed by atoms with Gasteiger partial charge in [0.25, 0.3) is 0 Å². The summed E-state index contributed by atoms with van der Waals surface area (Å²) >= 11 is 0. The molecule has 0 amide bonds. The van der Waals surface area contributed by atoms with Crippen LogP contribution in [0, 0.1) is 12.8 Å². The second kappa shape index (κ2) is 5.08. The first-order valence-corrected chi connectivity index (χ1v) is 7.13. The molecule has 1 aliphatic rings. The van der Waals surface area contributed by atoms with E-state index in [1.54, 1.807) is 0 Å². The lowest BCUT2D eigenvalue weighted by Gasteiger charge is -2.15. The summed E-state index contributed by atoms with van der Waals surface area (Å²) in [6, 6.07) is 6.17. The predicted octanol–water partition coefficient (Wildman–Crippen LogP) is 3.73. The maximum atomic E-state index is 6.03. The second-order valence-electron chi connectivity index (χ2n) is 5.61. The number of nitrogens with zero attached hydrogens (tertiary/aromatic N) is 1. The van der Waals surface area contributed by atoms with E-state index in [2.05, 4.69) is 22.4 Å². The molecular weight excluding hydrogens is 234 g/mol. The number of aryl methyl sites for hydroxylation is 1. The Labute approximate surface area is 114 Å². The molecule has 3 nitrogen and oxygen atoms in total. The van der Waals surface area contributed by atoms with Crippen LogP contribution >= 0.6 is 0 Å². The van der Waals surface area contributed by atoms with Crippen LogP contribution in [0.2, 0.25) is 0 Å². The van der Waals surface area contributed by atoms with Gasteiger partial charge in [-0.3, -0.25) is 4.98 Å². The van der Waals surface area contributed by atoms with Gasteiger partial charge in [-0.2, -0.15) is 0 Å². The monoisotopic (exact) mass is 255 g/mol. The molecule has 0 saturated heterocycles. The molecule has 1 aliphatic carbocycles. The van der Waals surface area contributed by atoms with Crippen molar-refractivity contribution >= 4 is 22.1 Å². The molecular formula is C16H21N3. The number of pyridine rings is 1. The van der Waals surface area contributed by atoms with Crippen molar-refractivity contribution in [3.63, 3.8) is 0 Å². The zero-order chi connectivity index (χ0) is 13.2. The van der Waals surface area contributed by atoms with Gasteiger partial charge in [-0.05, 0) is 43.9 Å². The first kappa shape index (κ1) is 12.3. The maximum Gasteiger partial charge on any atom is 0.0422 e. The lowest BCUT2D eigenvalue weighted by molar-refractivity contribution is 0.580. The third-order valence-electron chi connectivity index (χ3n) is 4.13. The number of aromatic nitrogens is 1. The van der Waals surface area contributed by atoms with E-state index in [9.17, 15) is 0 Å². The second-order valence-corrected chi connectivity index (χ2v) is 5.61. The lowest BCUT2D eigenvalue weighted by Crippen LogP contribution is -2.11. The highest BCUT2D eigenvalue weighted by Crippen LogP contribution is 2.30. The molecule has 2 aromatic rings. The van der Waals surface area contributed by atoms with Gasteiger partial charge < -0.3 is 11.1 Å². The van der Waals surface area contributed by atoms with E-state index >= 15 is 0 Å². The first-order valence-electron chi connectivity index (χ1n) is 7.13. The Hall–Kier alpha value is -1.77. The largest absolute Gasteiger partial charge is 0.398 e. The summed E-state index contributed by atoms with van der Waals surface area (Å²) < 4.78 is 0. The van der Waals surface area contributed by atoms with Crippen molar-refractivity contribution in [3.05, 3.63) is 30.1 Å². The van der Waals surface area contributed by atoms with Crippen LogP contribution in [0.25, 0.3) is 10.8 Å². The highest BCUT2D eigenvalue weighted by atomic mass is 14.9. The third kappa shape index (κ3) is 2.50. The highest BCUT2D eigenvalue weighted by Gasteiger charge is 2.15. The van der Waals surface area contributed by atoms with Gasteiger partial charge in [-0.25, -0.2) is 0 Å². The fourth-order valence-corrected chi connectivity index (χ4v) is 2.99. The normalized spacial score (nSPS) is 16.1. The van der Waals surface area contributed by atoms with Crippen molar-refractivity contribution in [2.45, 2.75) is 32.6 Å². The van der Waals surface area contributed by atoms with Crippen LogP contribution in [0.5, 0.6) is 0 Å². The molecule has 1 fully saturated rings. The van der Waals surface area contributed by atoms with E-state index < -0.39 is 0 Å². The molecule has 100 valence electrons. The number of nitrogens with two attached hydrogens (primary N) is 1. The summed E-state index contributed by atoms with van der Waals surface area (Å²) in [6.07, 6.45) is 7.37. The molecule has 0 spiro atoms. The minimum Gasteiger partial charge on any atom is -0.398 e. The molecule has 0 radical (unpaired) electrons. The maximum absolute atomic E-state index is 6.03. The van der Waals surface area contributed by atoms with Crippen LogP contribution in [-0.2, 0) is 0 Å². The lowest BCUT2D eigenvalue weighted by atomic mass is 10.1. The summed E-state index contributed by atoms with van der Waals surface area (Å²) in [4.78, 5) is 4.34. The van der Waals surface area contributed by atoms with Gasteiger partial charge in [0.05, 0.1) is 0 Å². The third-order valence-corrected chi connectivity index (χ3v) is 4.13. The van der Waals surface area contributed by atoms with Crippen molar-refractivity contribution in [2.75, 3.05) is 17.6 Å². The number of hydrogen-bond acceptors (Lipinski definition) is 3. The fraction of sp³-hybridized carbons (Fsp3) is 0.438. The molecule has 0 unspecified atom stereocenters. The number of rotatable bonds is 3. The van der Waals surface area contributed by atoms with Gasteiger partial charge in [0.15, 0.2) is 0 Å². The predicted molar refractivity (Wildman–Crippen MR) is 81.3 cm³/mol. The summed E-state index contributed by atoms with van der Waals surface area (Å²) in [6.45, 7) is 3.09. The molecule has 1 aromatic carbocycles. The first-order chi connectivity index (χ1) is 9.24. The van der Waals surface area contributed by atoms with Crippen LogP contribution in [0.4, 0.5) is 11.4 Å². The van der Waals surface area contributed by atoms with E-state index in [0.717, 1.165) is 29.2 Å². The topological polar surface area (TPSA) is 50.9 Å². The highest BCUT2D eigenvalue weighted by molar-refractivity contribution is 6.00. The van der Waals surface area contributed by atoms with Crippen molar-refractivity contribution in [1.29, 1.82) is 0 Å². The van der Waals surface area contributed by atoms with Crippen LogP contribution < -0.4 is 11.1 Å². The standard InChI is InChI=1S/C16H21N3/c1-11-8-13-14(10-18-11)15(17)6-7-16(13)19-9-12-4-2-3-5-12/h6-8,10,12,19H,2-5,9,17H2,1H3. The average Bonchev–Trinajstić information content (AvgIpc) is 2.91. The summed E-state index contributed by atoms with van der Waals surface area (Å²) in [5, 5.41) is 5.83. The van der Waals surface area contributed by atoms with E-state index in [0.29, 0.717) is 0 Å². The molecule has 1 saturated carbocycles. The van der Waals surface area contributed by atoms with Crippen molar-refractivity contribution in [3.8, 4) is 0 Å². The minimum absolute atomic E-state index is 0.800. The number of anilines is 2. The number of benzene rings is 1. The van der Waals surface area contributed by atoms with Crippen molar-refractivity contribution in [1.82, 2.24) is 4.98 Å². The van der Waals surface area contributed by atoms with Crippen molar-refractivity contribution < 1.29 is 0 Å². The molecule has 1 heterocycles. The summed E-state index contributed by atoms with van der Waals surface area (Å²) in [5.74, 6) is 0.829. The Morgan fingerprint density at radius 3 is 2.84 bits per heavy atom. The molecule has 3 N–H and O–H groups in total. The Morgan fingerprint density at radius 1 is 1.26 bits per heavy atom. The number of hydrogen-bond donors (Lipinski definition) is 2. The van der Waals surface area contributed by atoms with Gasteiger partial charge in [-0.15, -0.1) is 0 Å². The van der Waals surface area contributed by atoms with Gasteiger partial charge in [-0.1, -0.05) is 12.8 Å². The molecule has 19 heavy (non-hydrogen) atoms. The SMILES string of the molecule is Cc1cc2c(NCC3CCCC3)ccc(N)c2cn1. The Morgan fingerprint density at radius 2 is 2.05 bits per heavy atom. The molecule has 0 bridgehead atoms. The zero-order valence-electron chi connectivity index (χ0n) is 11.4. The van der Waals surface area contributed by atoms with Gasteiger partial charge in [0.2, 0.25) is 0 Å². The number of nitrogen functional groups attached to an aromatic ring is 1. The Bertz CT molecular complexity index is 586. The van der Waals surface area contributed by atoms with Crippen LogP contribution in [0.15, 0.2) is 24.4 Å². The van der Waals surface area contributed by atoms with Gasteiger partial charge in [0.1, 0.15) is 0 Å². The zero-order valence-corrected chi connectivity index (χ0v) is 11.4. The van der Waals surface area contributed by atoms with E-state index in [1.165, 1.54) is 36.8 Å². The smallest absolute Gasteiger partial charge is 0.0422 e. The molecule has 1 aromatic heterocycles. The Balaban J connectivity index is 1.89. The Kier molecular flexibility index (Phi) is 3.28. The van der Waals surface area contributed by atoms with Gasteiger partial charge in [0, 0.05) is 40.6 Å².